The lowest BCUT2D eigenvalue weighted by Gasteiger charge is -2.29. The minimum atomic E-state index is -1.53. The number of carboxylic acid groups (broad SMARTS) is 1. The van der Waals surface area contributed by atoms with Gasteiger partial charge in [-0.1, -0.05) is 27.7 Å². The first-order valence-electron chi connectivity index (χ1n) is 9.14. The molecule has 2 atom stereocenters. The zero-order valence-electron chi connectivity index (χ0n) is 17.2. The molecule has 0 bridgehead atoms. The van der Waals surface area contributed by atoms with Crippen LogP contribution in [-0.2, 0) is 23.9 Å². The molecular weight excluding hydrogens is 388 g/mol. The quantitative estimate of drug-likeness (QED) is 0.191. The van der Waals surface area contributed by atoms with Crippen molar-refractivity contribution in [3.63, 3.8) is 0 Å². The molecule has 0 fully saturated rings. The fourth-order valence-electron chi connectivity index (χ4n) is 1.99. The standard InChI is InChI=1S/C18H32N2O9/c1-17(2,9-21)13(25)15(27)20-8-6-12(24)29-10-18(3,4)14(26)16(28)19-7-5-11(22)23/h13-14,21,25-26H,5-10H2,1-4H3,(H,19,28)(H,20,27)(H,22,23). The Morgan fingerprint density at radius 3 is 1.76 bits per heavy atom. The number of ether oxygens (including phenoxy) is 1. The maximum atomic E-state index is 11.8. The number of amides is 2. The Morgan fingerprint density at radius 2 is 1.31 bits per heavy atom. The lowest BCUT2D eigenvalue weighted by atomic mass is 9.87. The van der Waals surface area contributed by atoms with Gasteiger partial charge in [-0.15, -0.1) is 0 Å². The van der Waals surface area contributed by atoms with Gasteiger partial charge in [-0.2, -0.15) is 0 Å². The molecule has 11 heteroatoms. The first-order valence-corrected chi connectivity index (χ1v) is 9.14. The van der Waals surface area contributed by atoms with Crippen molar-refractivity contribution in [3.8, 4) is 0 Å². The molecule has 2 unspecified atom stereocenters. The average molecular weight is 420 g/mol. The van der Waals surface area contributed by atoms with Crippen LogP contribution in [0.15, 0.2) is 0 Å². The number of carbonyl (C=O) groups excluding carboxylic acids is 3. The minimum Gasteiger partial charge on any atom is -0.481 e. The van der Waals surface area contributed by atoms with Crippen LogP contribution < -0.4 is 10.6 Å². The van der Waals surface area contributed by atoms with E-state index in [1.165, 1.54) is 27.7 Å². The van der Waals surface area contributed by atoms with E-state index in [1.807, 2.05) is 0 Å². The summed E-state index contributed by atoms with van der Waals surface area (Å²) in [4.78, 5) is 45.9. The number of rotatable bonds is 13. The first-order chi connectivity index (χ1) is 13.2. The van der Waals surface area contributed by atoms with Crippen molar-refractivity contribution in [2.45, 2.75) is 52.7 Å². The molecule has 0 aromatic rings. The van der Waals surface area contributed by atoms with Crippen LogP contribution in [0.4, 0.5) is 0 Å². The van der Waals surface area contributed by atoms with E-state index >= 15 is 0 Å². The topological polar surface area (TPSA) is 182 Å². The highest BCUT2D eigenvalue weighted by Gasteiger charge is 2.35. The second kappa shape index (κ2) is 11.7. The summed E-state index contributed by atoms with van der Waals surface area (Å²) in [5.41, 5.74) is -2.16. The highest BCUT2D eigenvalue weighted by atomic mass is 16.5. The smallest absolute Gasteiger partial charge is 0.307 e. The van der Waals surface area contributed by atoms with Crippen molar-refractivity contribution in [2.75, 3.05) is 26.3 Å². The number of carboxylic acids is 1. The van der Waals surface area contributed by atoms with Crippen molar-refractivity contribution < 1.29 is 44.3 Å². The Balaban J connectivity index is 4.35. The molecule has 2 amide bonds. The summed E-state index contributed by atoms with van der Waals surface area (Å²) in [5.74, 6) is -3.29. The largest absolute Gasteiger partial charge is 0.481 e. The van der Waals surface area contributed by atoms with E-state index in [0.29, 0.717) is 0 Å². The van der Waals surface area contributed by atoms with Gasteiger partial charge in [0.25, 0.3) is 0 Å². The van der Waals surface area contributed by atoms with Crippen LogP contribution in [0, 0.1) is 10.8 Å². The molecule has 0 saturated heterocycles. The molecule has 6 N–H and O–H groups in total. The van der Waals surface area contributed by atoms with Crippen molar-refractivity contribution in [2.24, 2.45) is 10.8 Å². The van der Waals surface area contributed by atoms with Crippen LogP contribution in [-0.4, -0.2) is 82.7 Å². The molecule has 0 saturated carbocycles. The maximum absolute atomic E-state index is 11.8. The Bertz CT molecular complexity index is 590. The van der Waals surface area contributed by atoms with Gasteiger partial charge in [0, 0.05) is 23.9 Å². The zero-order chi connectivity index (χ0) is 22.8. The third-order valence-corrected chi connectivity index (χ3v) is 4.26. The monoisotopic (exact) mass is 420 g/mol. The predicted molar refractivity (Wildman–Crippen MR) is 101 cm³/mol. The summed E-state index contributed by atoms with van der Waals surface area (Å²) in [6.45, 7) is 5.09. The molecule has 0 spiro atoms. The lowest BCUT2D eigenvalue weighted by molar-refractivity contribution is -0.153. The molecule has 0 heterocycles. The fraction of sp³-hybridized carbons (Fsp3) is 0.778. The van der Waals surface area contributed by atoms with Gasteiger partial charge in [0.1, 0.15) is 12.2 Å². The van der Waals surface area contributed by atoms with E-state index in [2.05, 4.69) is 10.6 Å². The van der Waals surface area contributed by atoms with Gasteiger partial charge < -0.3 is 35.8 Å². The summed E-state index contributed by atoms with van der Waals surface area (Å²) in [6.07, 6.45) is -3.46. The van der Waals surface area contributed by atoms with Gasteiger partial charge >= 0.3 is 11.9 Å². The molecule has 0 aliphatic rings. The third kappa shape index (κ3) is 9.68. The molecular formula is C18H32N2O9. The highest BCUT2D eigenvalue weighted by Crippen LogP contribution is 2.22. The minimum absolute atomic E-state index is 0.102. The predicted octanol–water partition coefficient (Wildman–Crippen LogP) is -1.61. The summed E-state index contributed by atoms with van der Waals surface area (Å²) in [7, 11) is 0. The Morgan fingerprint density at radius 1 is 0.862 bits per heavy atom. The highest BCUT2D eigenvalue weighted by molar-refractivity contribution is 5.82. The van der Waals surface area contributed by atoms with Crippen LogP contribution in [0.1, 0.15) is 40.5 Å². The summed E-state index contributed by atoms with van der Waals surface area (Å²) >= 11 is 0. The van der Waals surface area contributed by atoms with Gasteiger partial charge in [-0.3, -0.25) is 19.2 Å². The average Bonchev–Trinajstić information content (AvgIpc) is 2.64. The van der Waals surface area contributed by atoms with E-state index in [9.17, 15) is 29.4 Å². The molecule has 29 heavy (non-hydrogen) atoms. The summed E-state index contributed by atoms with van der Waals surface area (Å²) in [5, 5.41) is 42.2. The van der Waals surface area contributed by atoms with E-state index in [-0.39, 0.29) is 32.5 Å². The Kier molecular flexibility index (Phi) is 10.8. The number of nitrogens with one attached hydrogen (secondary N) is 2. The second-order valence-electron chi connectivity index (χ2n) is 8.08. The number of hydrogen-bond acceptors (Lipinski definition) is 8. The van der Waals surface area contributed by atoms with Crippen molar-refractivity contribution in [3.05, 3.63) is 0 Å². The van der Waals surface area contributed by atoms with Crippen LogP contribution in [0.25, 0.3) is 0 Å². The Labute approximate surface area is 169 Å². The fourth-order valence-corrected chi connectivity index (χ4v) is 1.99. The molecule has 0 radical (unpaired) electrons. The summed E-state index contributed by atoms with van der Waals surface area (Å²) < 4.78 is 5.02. The number of carbonyl (C=O) groups is 4. The molecule has 0 rings (SSSR count). The van der Waals surface area contributed by atoms with Gasteiger partial charge in [-0.25, -0.2) is 0 Å². The van der Waals surface area contributed by atoms with Crippen LogP contribution in [0.2, 0.25) is 0 Å². The Hall–Kier alpha value is -2.24. The van der Waals surface area contributed by atoms with Crippen molar-refractivity contribution in [1.82, 2.24) is 10.6 Å². The van der Waals surface area contributed by atoms with E-state index in [4.69, 9.17) is 14.9 Å². The molecule has 0 aliphatic carbocycles. The molecule has 11 nitrogen and oxygen atoms in total. The SMILES string of the molecule is CC(C)(CO)C(O)C(=O)NCCC(=O)OCC(C)(C)C(O)C(=O)NCCC(=O)O. The normalized spacial score (nSPS) is 13.9. The number of aliphatic hydroxyl groups is 3. The number of aliphatic hydroxyl groups excluding tert-OH is 3. The third-order valence-electron chi connectivity index (χ3n) is 4.26. The lowest BCUT2D eigenvalue weighted by Crippen LogP contribution is -2.47. The zero-order valence-corrected chi connectivity index (χ0v) is 17.2. The molecule has 0 aromatic carbocycles. The van der Waals surface area contributed by atoms with Crippen LogP contribution in [0.5, 0.6) is 0 Å². The van der Waals surface area contributed by atoms with E-state index in [1.54, 1.807) is 0 Å². The van der Waals surface area contributed by atoms with Crippen molar-refractivity contribution in [1.29, 1.82) is 0 Å². The molecule has 0 aliphatic heterocycles. The second-order valence-corrected chi connectivity index (χ2v) is 8.08. The van der Waals surface area contributed by atoms with Crippen LogP contribution in [0.3, 0.4) is 0 Å². The first kappa shape index (κ1) is 26.8. The van der Waals surface area contributed by atoms with Gasteiger partial charge in [-0.05, 0) is 0 Å². The van der Waals surface area contributed by atoms with Gasteiger partial charge in [0.2, 0.25) is 11.8 Å². The number of aliphatic carboxylic acids is 1. The maximum Gasteiger partial charge on any atom is 0.307 e. The van der Waals surface area contributed by atoms with E-state index in [0.717, 1.165) is 0 Å². The molecule has 168 valence electrons. The number of hydrogen-bond donors (Lipinski definition) is 6. The van der Waals surface area contributed by atoms with Crippen LogP contribution >= 0.6 is 0 Å². The van der Waals surface area contributed by atoms with Crippen molar-refractivity contribution >= 4 is 23.8 Å². The summed E-state index contributed by atoms with van der Waals surface area (Å²) in [6, 6.07) is 0. The van der Waals surface area contributed by atoms with Gasteiger partial charge in [0.15, 0.2) is 0 Å². The number of esters is 1. The molecule has 0 aromatic heterocycles. The van der Waals surface area contributed by atoms with Gasteiger partial charge in [0.05, 0.1) is 26.1 Å². The van der Waals surface area contributed by atoms with E-state index < -0.39 is 53.4 Å².